The Morgan fingerprint density at radius 3 is 2.42 bits per heavy atom. The number of carbonyl (C=O) groups is 1. The van der Waals surface area contributed by atoms with Crippen molar-refractivity contribution in [2.45, 2.75) is 6.18 Å². The number of alkyl halides is 3. The first-order chi connectivity index (χ1) is 12.4. The maximum Gasteiger partial charge on any atom is 0.419 e. The van der Waals surface area contributed by atoms with E-state index in [4.69, 9.17) is 4.74 Å². The average Bonchev–Trinajstić information content (AvgIpc) is 2.67. The van der Waals surface area contributed by atoms with E-state index in [2.05, 4.69) is 4.98 Å². The summed E-state index contributed by atoms with van der Waals surface area (Å²) in [5, 5.41) is 0. The number of H-pyrrole nitrogens is 1. The fourth-order valence-electron chi connectivity index (χ4n) is 2.88. The van der Waals surface area contributed by atoms with E-state index in [0.717, 1.165) is 12.3 Å². The monoisotopic (exact) mass is 366 g/mol. The topological polar surface area (TPSA) is 46.9 Å². The summed E-state index contributed by atoms with van der Waals surface area (Å²) in [6, 6.07) is 9.44. The van der Waals surface area contributed by atoms with E-state index in [-0.39, 0.29) is 5.91 Å². The Bertz CT molecular complexity index is 770. The maximum atomic E-state index is 12.6. The zero-order valence-electron chi connectivity index (χ0n) is 14.2. The van der Waals surface area contributed by atoms with E-state index < -0.39 is 11.7 Å². The minimum absolute atomic E-state index is 0.0834. The molecule has 5 nitrogen and oxygen atoms in total. The molecule has 0 spiro atoms. The van der Waals surface area contributed by atoms with E-state index in [1.54, 1.807) is 36.3 Å². The molecule has 0 bridgehead atoms. The molecule has 3 rings (SSSR count). The highest BCUT2D eigenvalue weighted by Crippen LogP contribution is 2.28. The number of halogens is 3. The van der Waals surface area contributed by atoms with E-state index >= 15 is 0 Å². The largest absolute Gasteiger partial charge is 0.497 e. The number of aromatic nitrogens is 1. The molecule has 1 aromatic heterocycles. The second-order valence-corrected chi connectivity index (χ2v) is 5.97. The normalized spacial score (nSPS) is 15.1. The lowest BCUT2D eigenvalue weighted by molar-refractivity contribution is -0.367. The standard InChI is InChI=1S/C18H18F3N3O2/c1-26-15-4-2-3-13(11-15)17(25)24-9-7-23(8-10-24)16-6-5-14(12-22-16)18(19,20)21/h2-6,11-12H,7-10H2,1H3/p+1. The van der Waals surface area contributed by atoms with Crippen LogP contribution in [0, 0.1) is 0 Å². The molecule has 2 aromatic rings. The second-order valence-electron chi connectivity index (χ2n) is 5.97. The van der Waals surface area contributed by atoms with E-state index in [1.165, 1.54) is 6.07 Å². The molecule has 1 saturated heterocycles. The smallest absolute Gasteiger partial charge is 0.419 e. The molecule has 1 aliphatic heterocycles. The van der Waals surface area contributed by atoms with E-state index in [9.17, 15) is 18.0 Å². The Balaban J connectivity index is 1.62. The number of piperazine rings is 1. The van der Waals surface area contributed by atoms with Crippen LogP contribution in [0.25, 0.3) is 0 Å². The lowest BCUT2D eigenvalue weighted by atomic mass is 10.1. The van der Waals surface area contributed by atoms with Crippen molar-refractivity contribution < 1.29 is 27.7 Å². The number of ether oxygens (including phenoxy) is 1. The van der Waals surface area contributed by atoms with Gasteiger partial charge in [-0.05, 0) is 24.3 Å². The summed E-state index contributed by atoms with van der Waals surface area (Å²) < 4.78 is 43.0. The van der Waals surface area contributed by atoms with Crippen LogP contribution in [0.4, 0.5) is 19.0 Å². The van der Waals surface area contributed by atoms with Crippen molar-refractivity contribution in [3.63, 3.8) is 0 Å². The Labute approximate surface area is 149 Å². The van der Waals surface area contributed by atoms with Gasteiger partial charge in [0.15, 0.2) is 0 Å². The van der Waals surface area contributed by atoms with Gasteiger partial charge < -0.3 is 9.64 Å². The predicted octanol–water partition coefficient (Wildman–Crippen LogP) is 2.49. The molecule has 0 saturated carbocycles. The first-order valence-electron chi connectivity index (χ1n) is 8.15. The van der Waals surface area contributed by atoms with Crippen LogP contribution in [0.15, 0.2) is 42.6 Å². The van der Waals surface area contributed by atoms with Gasteiger partial charge in [-0.2, -0.15) is 13.2 Å². The molecule has 0 unspecified atom stereocenters. The molecule has 1 aromatic carbocycles. The van der Waals surface area contributed by atoms with Crippen molar-refractivity contribution >= 4 is 11.7 Å². The summed E-state index contributed by atoms with van der Waals surface area (Å²) in [6.07, 6.45) is -3.40. The van der Waals surface area contributed by atoms with Crippen LogP contribution in [-0.2, 0) is 6.18 Å². The number of methoxy groups -OCH3 is 1. The molecule has 2 heterocycles. The number of benzene rings is 1. The number of carbonyl (C=O) groups excluding carboxylic acids is 1. The lowest BCUT2D eigenvalue weighted by Crippen LogP contribution is -2.50. The van der Waals surface area contributed by atoms with Gasteiger partial charge >= 0.3 is 6.18 Å². The lowest BCUT2D eigenvalue weighted by Gasteiger charge is -2.31. The van der Waals surface area contributed by atoms with Crippen molar-refractivity contribution in [2.24, 2.45) is 0 Å². The molecule has 1 fully saturated rings. The van der Waals surface area contributed by atoms with Crippen molar-refractivity contribution in [1.29, 1.82) is 0 Å². The van der Waals surface area contributed by atoms with Crippen LogP contribution in [0.1, 0.15) is 15.9 Å². The number of pyridine rings is 1. The fourth-order valence-corrected chi connectivity index (χ4v) is 2.88. The number of hydrogen-bond donors (Lipinski definition) is 0. The van der Waals surface area contributed by atoms with Crippen LogP contribution in [0.3, 0.4) is 0 Å². The van der Waals surface area contributed by atoms with Crippen LogP contribution < -0.4 is 14.6 Å². The minimum atomic E-state index is -4.36. The molecule has 1 N–H and O–H groups in total. The molecule has 1 aliphatic rings. The molecular formula is C18H19F3N3O2+. The van der Waals surface area contributed by atoms with Crippen LogP contribution >= 0.6 is 0 Å². The molecule has 1 amide bonds. The summed E-state index contributed by atoms with van der Waals surface area (Å²) in [6.45, 7) is 2.06. The van der Waals surface area contributed by atoms with Gasteiger partial charge in [-0.3, -0.25) is 9.69 Å². The summed E-state index contributed by atoms with van der Waals surface area (Å²) in [7, 11) is 1.54. The SMILES string of the molecule is COc1cccc(C(=O)N2CCN(c3ccc(C(F)(F)F)c[nH+]3)CC2)c1. The third-order valence-corrected chi connectivity index (χ3v) is 4.35. The molecule has 0 atom stereocenters. The van der Waals surface area contributed by atoms with Gasteiger partial charge in [0, 0.05) is 11.6 Å². The van der Waals surface area contributed by atoms with Gasteiger partial charge in [0.1, 0.15) is 25.0 Å². The highest BCUT2D eigenvalue weighted by Gasteiger charge is 2.33. The Morgan fingerprint density at radius 1 is 1.12 bits per heavy atom. The van der Waals surface area contributed by atoms with Gasteiger partial charge in [-0.25, -0.2) is 4.98 Å². The molecule has 0 aliphatic carbocycles. The van der Waals surface area contributed by atoms with E-state index in [1.807, 2.05) is 4.90 Å². The van der Waals surface area contributed by atoms with Crippen molar-refractivity contribution in [3.05, 3.63) is 53.7 Å². The minimum Gasteiger partial charge on any atom is -0.497 e. The maximum absolute atomic E-state index is 12.6. The number of amides is 1. The first kappa shape index (κ1) is 18.0. The average molecular weight is 366 g/mol. The summed E-state index contributed by atoms with van der Waals surface area (Å²) >= 11 is 0. The predicted molar refractivity (Wildman–Crippen MR) is 89.1 cm³/mol. The summed E-state index contributed by atoms with van der Waals surface area (Å²) in [5.41, 5.74) is -0.160. The summed E-state index contributed by atoms with van der Waals surface area (Å²) in [5.74, 6) is 1.14. The van der Waals surface area contributed by atoms with Gasteiger partial charge in [0.05, 0.1) is 25.8 Å². The van der Waals surface area contributed by atoms with Gasteiger partial charge in [0.25, 0.3) is 11.7 Å². The van der Waals surface area contributed by atoms with Crippen LogP contribution in [0.2, 0.25) is 0 Å². The number of anilines is 1. The molecule has 26 heavy (non-hydrogen) atoms. The van der Waals surface area contributed by atoms with Gasteiger partial charge in [-0.1, -0.05) is 6.07 Å². The van der Waals surface area contributed by atoms with Gasteiger partial charge in [0.2, 0.25) is 0 Å². The highest BCUT2D eigenvalue weighted by atomic mass is 19.4. The Morgan fingerprint density at radius 2 is 1.85 bits per heavy atom. The van der Waals surface area contributed by atoms with Crippen molar-refractivity contribution in [3.8, 4) is 5.75 Å². The van der Waals surface area contributed by atoms with Crippen molar-refractivity contribution in [2.75, 3.05) is 38.2 Å². The van der Waals surface area contributed by atoms with Crippen LogP contribution in [-0.4, -0.2) is 44.1 Å². The zero-order valence-corrected chi connectivity index (χ0v) is 14.2. The highest BCUT2D eigenvalue weighted by molar-refractivity contribution is 5.94. The summed E-state index contributed by atoms with van der Waals surface area (Å²) in [4.78, 5) is 18.9. The second kappa shape index (κ2) is 7.23. The third kappa shape index (κ3) is 3.89. The number of hydrogen-bond acceptors (Lipinski definition) is 3. The van der Waals surface area contributed by atoms with Crippen LogP contribution in [0.5, 0.6) is 5.75 Å². The fraction of sp³-hybridized carbons (Fsp3) is 0.333. The molecular weight excluding hydrogens is 347 g/mol. The first-order valence-corrected chi connectivity index (χ1v) is 8.15. The van der Waals surface area contributed by atoms with E-state index in [0.29, 0.717) is 43.3 Å². The Hall–Kier alpha value is -2.77. The van der Waals surface area contributed by atoms with Gasteiger partial charge in [-0.15, -0.1) is 0 Å². The number of nitrogens with zero attached hydrogens (tertiary/aromatic N) is 2. The molecule has 8 heteroatoms. The zero-order chi connectivity index (χ0) is 18.7. The molecule has 138 valence electrons. The molecule has 0 radical (unpaired) electrons. The number of aromatic amines is 1. The number of rotatable bonds is 3. The quantitative estimate of drug-likeness (QED) is 0.839. The van der Waals surface area contributed by atoms with Crippen molar-refractivity contribution in [1.82, 2.24) is 4.90 Å². The Kier molecular flexibility index (Phi) is 5.01. The number of nitrogens with one attached hydrogen (secondary N) is 1. The third-order valence-electron chi connectivity index (χ3n) is 4.35.